The summed E-state index contributed by atoms with van der Waals surface area (Å²) >= 11 is 0. The number of para-hydroxylation sites is 2. The Balaban J connectivity index is 1.51. The van der Waals surface area contributed by atoms with E-state index in [1.165, 1.54) is 0 Å². The molecule has 1 atom stereocenters. The van der Waals surface area contributed by atoms with E-state index in [9.17, 15) is 9.59 Å². The third-order valence-corrected chi connectivity index (χ3v) is 7.58. The van der Waals surface area contributed by atoms with Crippen LogP contribution in [0.15, 0.2) is 142 Å². The highest BCUT2D eigenvalue weighted by molar-refractivity contribution is 5.93. The number of hydrogen-bond donors (Lipinski definition) is 1. The van der Waals surface area contributed by atoms with E-state index in [4.69, 9.17) is 19.6 Å². The molecule has 2 aromatic carbocycles. The summed E-state index contributed by atoms with van der Waals surface area (Å²) in [5, 5.41) is 0. The summed E-state index contributed by atoms with van der Waals surface area (Å²) in [7, 11) is 1.85. The molecule has 0 aliphatic carbocycles. The summed E-state index contributed by atoms with van der Waals surface area (Å²) in [6.07, 6.45) is 8.34. The average Bonchev–Trinajstić information content (AvgIpc) is 3.58. The lowest BCUT2D eigenvalue weighted by atomic mass is 9.98. The molecule has 1 unspecified atom stereocenters. The van der Waals surface area contributed by atoms with Gasteiger partial charge in [0.15, 0.2) is 0 Å². The monoisotopic (exact) mass is 630 g/mol. The minimum atomic E-state index is -0.488. The van der Waals surface area contributed by atoms with Gasteiger partial charge in [-0.1, -0.05) is 42.5 Å². The molecule has 2 aromatic heterocycles. The zero-order valence-electron chi connectivity index (χ0n) is 26.9. The largest absolute Gasteiger partial charge is 0.462 e. The van der Waals surface area contributed by atoms with Crippen LogP contribution in [0.2, 0.25) is 0 Å². The second kappa shape index (κ2) is 15.0. The van der Waals surface area contributed by atoms with Gasteiger partial charge >= 0.3 is 11.9 Å². The maximum atomic E-state index is 13.0. The highest BCUT2D eigenvalue weighted by Gasteiger charge is 2.28. The van der Waals surface area contributed by atoms with Crippen molar-refractivity contribution in [3.8, 4) is 11.3 Å². The second-order valence-corrected chi connectivity index (χ2v) is 10.6. The predicted octanol–water partition coefficient (Wildman–Crippen LogP) is 7.52. The number of pyridine rings is 1. The third-order valence-electron chi connectivity index (χ3n) is 7.58. The lowest BCUT2D eigenvalue weighted by Crippen LogP contribution is -2.31. The Morgan fingerprint density at radius 2 is 1.62 bits per heavy atom. The molecule has 240 valence electrons. The Labute approximate surface area is 274 Å². The molecule has 2 N–H and O–H groups in total. The first-order valence-corrected chi connectivity index (χ1v) is 15.4. The Morgan fingerprint density at radius 1 is 0.957 bits per heavy atom. The lowest BCUT2D eigenvalue weighted by Gasteiger charge is -2.33. The minimum Gasteiger partial charge on any atom is -0.462 e. The number of nitrogens with zero attached hydrogens (tertiary/aromatic N) is 3. The minimum absolute atomic E-state index is 0.217. The average molecular weight is 631 g/mol. The van der Waals surface area contributed by atoms with E-state index in [0.717, 1.165) is 16.9 Å². The smallest absolute Gasteiger partial charge is 0.337 e. The number of allylic oxidation sites excluding steroid dienone is 1. The molecule has 0 fully saturated rings. The van der Waals surface area contributed by atoms with Gasteiger partial charge in [-0.3, -0.25) is 9.88 Å². The molecular weight excluding hydrogens is 592 g/mol. The zero-order chi connectivity index (χ0) is 33.3. The zero-order valence-corrected chi connectivity index (χ0v) is 26.9. The summed E-state index contributed by atoms with van der Waals surface area (Å²) in [5.74, 6) is 0.330. The van der Waals surface area contributed by atoms with Gasteiger partial charge in [-0.2, -0.15) is 0 Å². The van der Waals surface area contributed by atoms with Crippen molar-refractivity contribution < 1.29 is 23.5 Å². The fourth-order valence-electron chi connectivity index (χ4n) is 5.28. The molecule has 9 heteroatoms. The number of benzene rings is 2. The van der Waals surface area contributed by atoms with Gasteiger partial charge in [-0.15, -0.1) is 0 Å². The summed E-state index contributed by atoms with van der Waals surface area (Å²) in [6.45, 7) is 5.68. The van der Waals surface area contributed by atoms with Crippen LogP contribution in [0.25, 0.3) is 11.3 Å². The van der Waals surface area contributed by atoms with Crippen LogP contribution in [0, 0.1) is 0 Å². The van der Waals surface area contributed by atoms with E-state index in [-0.39, 0.29) is 18.9 Å². The Morgan fingerprint density at radius 3 is 2.23 bits per heavy atom. The van der Waals surface area contributed by atoms with Crippen molar-refractivity contribution in [1.82, 2.24) is 9.88 Å². The maximum Gasteiger partial charge on any atom is 0.337 e. The van der Waals surface area contributed by atoms with Crippen molar-refractivity contribution >= 4 is 29.2 Å². The first-order chi connectivity index (χ1) is 22.8. The summed E-state index contributed by atoms with van der Waals surface area (Å²) in [6, 6.07) is 27.2. The quantitative estimate of drug-likeness (QED) is 0.102. The Kier molecular flexibility index (Phi) is 10.4. The van der Waals surface area contributed by atoms with Crippen LogP contribution in [0.3, 0.4) is 0 Å². The molecule has 1 aliphatic rings. The normalized spacial score (nSPS) is 15.1. The molecule has 0 spiro atoms. The number of carbonyl (C=O) groups excluding carboxylic acids is 2. The van der Waals surface area contributed by atoms with Gasteiger partial charge in [0.2, 0.25) is 5.88 Å². The number of rotatable bonds is 11. The number of ether oxygens (including phenoxy) is 2. The number of anilines is 3. The Bertz CT molecular complexity index is 1800. The van der Waals surface area contributed by atoms with Gasteiger partial charge in [0.1, 0.15) is 5.76 Å². The molecule has 4 aromatic rings. The van der Waals surface area contributed by atoms with Crippen LogP contribution in [0.1, 0.15) is 32.5 Å². The first kappa shape index (κ1) is 32.6. The molecule has 3 heterocycles. The van der Waals surface area contributed by atoms with Crippen LogP contribution in [0.4, 0.5) is 17.3 Å². The van der Waals surface area contributed by atoms with Crippen LogP contribution in [-0.2, 0) is 19.1 Å². The van der Waals surface area contributed by atoms with E-state index in [1.807, 2.05) is 96.9 Å². The number of nitrogens with two attached hydrogens (primary N) is 1. The summed E-state index contributed by atoms with van der Waals surface area (Å²) in [4.78, 5) is 34.1. The number of esters is 2. The fourth-order valence-corrected chi connectivity index (χ4v) is 5.28. The standard InChI is InChI=1S/C38H38N4O5/c1-5-26(37(43)45-6-2)22-31(39)33-24-28(38(44)46-7-3)25-34(41(33)4)32-23-27(20-21-40-32)35-18-19-36(47-35)42(29-14-10-8-11-15-29)30-16-12-9-13-17-30/h5,8-25,34H,6-7,39H2,1-4H3/b26-5+,31-22-. The van der Waals surface area contributed by atoms with Gasteiger partial charge in [-0.05, 0) is 81.5 Å². The van der Waals surface area contributed by atoms with Crippen molar-refractivity contribution in [3.63, 3.8) is 0 Å². The molecule has 47 heavy (non-hydrogen) atoms. The molecule has 0 saturated heterocycles. The second-order valence-electron chi connectivity index (χ2n) is 10.6. The topological polar surface area (TPSA) is 111 Å². The third kappa shape index (κ3) is 7.36. The molecule has 9 nitrogen and oxygen atoms in total. The van der Waals surface area contributed by atoms with E-state index in [2.05, 4.69) is 9.88 Å². The highest BCUT2D eigenvalue weighted by Crippen LogP contribution is 2.39. The molecule has 0 amide bonds. The summed E-state index contributed by atoms with van der Waals surface area (Å²) in [5.41, 5.74) is 11.4. The van der Waals surface area contributed by atoms with Crippen molar-refractivity contribution in [2.24, 2.45) is 5.73 Å². The van der Waals surface area contributed by atoms with Crippen LogP contribution in [-0.4, -0.2) is 42.1 Å². The van der Waals surface area contributed by atoms with Crippen molar-refractivity contribution in [2.45, 2.75) is 26.8 Å². The number of carbonyl (C=O) groups is 2. The number of furan rings is 1. The number of hydrogen-bond acceptors (Lipinski definition) is 9. The van der Waals surface area contributed by atoms with Gasteiger partial charge in [0.05, 0.1) is 47.5 Å². The molecular formula is C38H38N4O5. The highest BCUT2D eigenvalue weighted by atomic mass is 16.5. The van der Waals surface area contributed by atoms with Crippen molar-refractivity contribution in [3.05, 3.63) is 144 Å². The van der Waals surface area contributed by atoms with Crippen molar-refractivity contribution in [2.75, 3.05) is 25.2 Å². The SMILES string of the molecule is C/C=C(\C=C(/N)C1=CC(C(=O)OCC)=CC(c2cc(-c3ccc(N(c4ccccc4)c4ccccc4)o3)ccn2)N1C)C(=O)OCC. The fraction of sp³-hybridized carbons (Fsp3) is 0.184. The van der Waals surface area contributed by atoms with Gasteiger partial charge in [0.25, 0.3) is 0 Å². The van der Waals surface area contributed by atoms with Crippen LogP contribution < -0.4 is 10.6 Å². The number of likely N-dealkylation sites (N-methyl/N-ethyl adjacent to an activating group) is 1. The number of aromatic nitrogens is 1. The molecule has 1 aliphatic heterocycles. The predicted molar refractivity (Wildman–Crippen MR) is 183 cm³/mol. The van der Waals surface area contributed by atoms with E-state index in [1.54, 1.807) is 51.3 Å². The summed E-state index contributed by atoms with van der Waals surface area (Å²) < 4.78 is 17.0. The maximum absolute atomic E-state index is 13.0. The molecule has 5 rings (SSSR count). The lowest BCUT2D eigenvalue weighted by molar-refractivity contribution is -0.139. The van der Waals surface area contributed by atoms with Crippen LogP contribution in [0.5, 0.6) is 0 Å². The first-order valence-electron chi connectivity index (χ1n) is 15.4. The molecule has 0 bridgehead atoms. The van der Waals surface area contributed by atoms with Crippen molar-refractivity contribution in [1.29, 1.82) is 0 Å². The van der Waals surface area contributed by atoms with E-state index in [0.29, 0.717) is 34.2 Å². The van der Waals surface area contributed by atoms with E-state index < -0.39 is 18.0 Å². The van der Waals surface area contributed by atoms with E-state index >= 15 is 0 Å². The molecule has 0 saturated carbocycles. The van der Waals surface area contributed by atoms with Gasteiger partial charge in [0, 0.05) is 36.2 Å². The van der Waals surface area contributed by atoms with Gasteiger partial charge in [-0.25, -0.2) is 9.59 Å². The van der Waals surface area contributed by atoms with Gasteiger partial charge < -0.3 is 24.5 Å². The van der Waals surface area contributed by atoms with Crippen LogP contribution >= 0.6 is 0 Å². The Hall–Kier alpha value is -5.83. The molecule has 0 radical (unpaired) electrons.